The minimum Gasteiger partial charge on any atom is -0.490 e. The fourth-order valence-corrected chi connectivity index (χ4v) is 6.07. The molecule has 0 heterocycles. The smallest absolute Gasteiger partial charge is 0.397 e. The number of benzene rings is 3. The topological polar surface area (TPSA) is 72.8 Å². The van der Waals surface area contributed by atoms with Crippen LogP contribution in [-0.2, 0) is 27.4 Å². The van der Waals surface area contributed by atoms with E-state index >= 15 is 0 Å². The number of hydrogen-bond acceptors (Lipinski definition) is 4. The predicted octanol–water partition coefficient (Wildman–Crippen LogP) is 11.6. The largest absolute Gasteiger partial charge is 0.490 e. The second-order valence-corrected chi connectivity index (χ2v) is 13.3. The van der Waals surface area contributed by atoms with Crippen LogP contribution in [0.2, 0.25) is 10.0 Å². The lowest BCUT2D eigenvalue weighted by Gasteiger charge is -2.14. The first-order chi connectivity index (χ1) is 21.2. The molecule has 5 nitrogen and oxygen atoms in total. The molecule has 3 rings (SSSR count). The molecule has 0 aliphatic rings. The summed E-state index contributed by atoms with van der Waals surface area (Å²) in [6.45, 7) is 4.22. The van der Waals surface area contributed by atoms with Gasteiger partial charge in [0.2, 0.25) is 0 Å². The van der Waals surface area contributed by atoms with Gasteiger partial charge in [0, 0.05) is 5.02 Å². The highest BCUT2D eigenvalue weighted by Gasteiger charge is 2.08. The Bertz CT molecular complexity index is 1310. The Morgan fingerprint density at radius 3 is 1.89 bits per heavy atom. The summed E-state index contributed by atoms with van der Waals surface area (Å²) in [5.74, 6) is 0.352. The van der Waals surface area contributed by atoms with Crippen LogP contribution in [0.3, 0.4) is 0 Å². The molecular formula is C36H52Cl2O5S. The standard InChI is InChI=1S/C28H44.C8H8Cl2O5S/c1-3-5-7-9-11-13-15-19-25-23-24-26-20-17-18-22-28(26)27(25)21-16-14-12-10-8-6-4-2;9-6-1-2-8(7(10)5-6)14-3-4-15-16(11,12)13/h17-18,20,22-24H,3-16,19,21H2,1-2H3;1-2,5H,3-4H2,(H,11,12,13). The van der Waals surface area contributed by atoms with Gasteiger partial charge < -0.3 is 4.74 Å². The first-order valence-electron chi connectivity index (χ1n) is 16.4. The minimum absolute atomic E-state index is 0.0683. The molecule has 0 unspecified atom stereocenters. The van der Waals surface area contributed by atoms with Crippen molar-refractivity contribution in [2.75, 3.05) is 13.2 Å². The lowest BCUT2D eigenvalue weighted by atomic mass is 9.91. The van der Waals surface area contributed by atoms with E-state index in [2.05, 4.69) is 54.4 Å². The molecule has 0 radical (unpaired) electrons. The van der Waals surface area contributed by atoms with Gasteiger partial charge >= 0.3 is 10.4 Å². The van der Waals surface area contributed by atoms with Crippen molar-refractivity contribution in [1.82, 2.24) is 0 Å². The SMILES string of the molecule is CCCCCCCCCc1ccc2ccccc2c1CCCCCCCCC.O=S(=O)(O)OCCOc1ccc(Cl)cc1Cl. The monoisotopic (exact) mass is 666 g/mol. The van der Waals surface area contributed by atoms with Gasteiger partial charge in [0.05, 0.1) is 5.02 Å². The molecule has 0 aromatic heterocycles. The van der Waals surface area contributed by atoms with E-state index in [0.717, 1.165) is 0 Å². The van der Waals surface area contributed by atoms with E-state index in [0.29, 0.717) is 15.8 Å². The Morgan fingerprint density at radius 1 is 0.682 bits per heavy atom. The molecule has 0 saturated heterocycles. The maximum Gasteiger partial charge on any atom is 0.397 e. The van der Waals surface area contributed by atoms with Gasteiger partial charge in [-0.3, -0.25) is 4.55 Å². The average Bonchev–Trinajstić information content (AvgIpc) is 2.99. The summed E-state index contributed by atoms with van der Waals surface area (Å²) < 4.78 is 37.8. The van der Waals surface area contributed by atoms with Crippen LogP contribution in [0.4, 0.5) is 0 Å². The van der Waals surface area contributed by atoms with E-state index in [9.17, 15) is 8.42 Å². The Morgan fingerprint density at radius 2 is 1.27 bits per heavy atom. The molecular weight excluding hydrogens is 615 g/mol. The van der Waals surface area contributed by atoms with E-state index in [1.165, 1.54) is 126 Å². The zero-order valence-electron chi connectivity index (χ0n) is 26.7. The van der Waals surface area contributed by atoms with E-state index in [4.69, 9.17) is 32.5 Å². The first-order valence-corrected chi connectivity index (χ1v) is 18.6. The molecule has 44 heavy (non-hydrogen) atoms. The third kappa shape index (κ3) is 16.5. The van der Waals surface area contributed by atoms with Gasteiger partial charge in [0.1, 0.15) is 19.0 Å². The normalized spacial score (nSPS) is 11.4. The number of ether oxygens (including phenoxy) is 1. The quantitative estimate of drug-likeness (QED) is 0.0904. The average molecular weight is 668 g/mol. The molecule has 0 aliphatic carbocycles. The van der Waals surface area contributed by atoms with Gasteiger partial charge in [-0.05, 0) is 65.8 Å². The lowest BCUT2D eigenvalue weighted by molar-refractivity contribution is 0.202. The molecule has 0 amide bonds. The summed E-state index contributed by atoms with van der Waals surface area (Å²) in [4.78, 5) is 0. The third-order valence-electron chi connectivity index (χ3n) is 7.68. The van der Waals surface area contributed by atoms with Crippen LogP contribution in [0.5, 0.6) is 5.75 Å². The van der Waals surface area contributed by atoms with Gasteiger partial charge in [-0.25, -0.2) is 4.18 Å². The van der Waals surface area contributed by atoms with Crippen LogP contribution in [-0.4, -0.2) is 26.2 Å². The lowest BCUT2D eigenvalue weighted by Crippen LogP contribution is -2.11. The van der Waals surface area contributed by atoms with Crippen LogP contribution in [0.25, 0.3) is 10.8 Å². The van der Waals surface area contributed by atoms with Crippen LogP contribution in [0.1, 0.15) is 115 Å². The minimum atomic E-state index is -4.43. The Kier molecular flexibility index (Phi) is 19.7. The van der Waals surface area contributed by atoms with E-state index in [-0.39, 0.29) is 13.2 Å². The predicted molar refractivity (Wildman–Crippen MR) is 187 cm³/mol. The second-order valence-electron chi connectivity index (χ2n) is 11.3. The van der Waals surface area contributed by atoms with Crippen LogP contribution >= 0.6 is 23.2 Å². The van der Waals surface area contributed by atoms with Crippen LogP contribution < -0.4 is 4.74 Å². The maximum atomic E-state index is 10.2. The summed E-state index contributed by atoms with van der Waals surface area (Å²) in [7, 11) is -4.43. The van der Waals surface area contributed by atoms with Crippen molar-refractivity contribution in [2.24, 2.45) is 0 Å². The van der Waals surface area contributed by atoms with Crippen molar-refractivity contribution in [3.05, 3.63) is 75.8 Å². The Labute approximate surface area is 276 Å². The van der Waals surface area contributed by atoms with Crippen molar-refractivity contribution in [3.8, 4) is 5.75 Å². The van der Waals surface area contributed by atoms with Crippen LogP contribution in [0.15, 0.2) is 54.6 Å². The summed E-state index contributed by atoms with van der Waals surface area (Å²) in [5, 5.41) is 3.70. The number of unbranched alkanes of at least 4 members (excludes halogenated alkanes) is 12. The molecule has 0 fully saturated rings. The van der Waals surface area contributed by atoms with Gasteiger partial charge in [0.15, 0.2) is 0 Å². The van der Waals surface area contributed by atoms with Crippen molar-refractivity contribution >= 4 is 44.4 Å². The summed E-state index contributed by atoms with van der Waals surface area (Å²) in [6.07, 6.45) is 22.1. The van der Waals surface area contributed by atoms with Crippen molar-refractivity contribution < 1.29 is 21.9 Å². The van der Waals surface area contributed by atoms with Crippen molar-refractivity contribution in [1.29, 1.82) is 0 Å². The fraction of sp³-hybridized carbons (Fsp3) is 0.556. The first kappa shape index (κ1) is 38.4. The molecule has 8 heteroatoms. The third-order valence-corrected chi connectivity index (χ3v) is 8.68. The molecule has 0 atom stereocenters. The van der Waals surface area contributed by atoms with Crippen LogP contribution in [0, 0.1) is 0 Å². The maximum absolute atomic E-state index is 10.2. The summed E-state index contributed by atoms with van der Waals surface area (Å²) >= 11 is 11.4. The highest BCUT2D eigenvalue weighted by Crippen LogP contribution is 2.28. The molecule has 246 valence electrons. The number of rotatable bonds is 21. The number of halogens is 2. The summed E-state index contributed by atoms with van der Waals surface area (Å²) in [6, 6.07) is 18.4. The molecule has 0 saturated carbocycles. The Hall–Kier alpha value is -1.83. The molecule has 3 aromatic rings. The molecule has 0 aliphatic heterocycles. The van der Waals surface area contributed by atoms with E-state index in [1.807, 2.05) is 0 Å². The highest BCUT2D eigenvalue weighted by molar-refractivity contribution is 7.80. The van der Waals surface area contributed by atoms with Crippen molar-refractivity contribution in [2.45, 2.75) is 117 Å². The summed E-state index contributed by atoms with van der Waals surface area (Å²) in [5.41, 5.74) is 3.27. The molecule has 1 N–H and O–H groups in total. The number of aryl methyl sites for hydroxylation is 2. The zero-order valence-corrected chi connectivity index (χ0v) is 29.0. The molecule has 3 aromatic carbocycles. The van der Waals surface area contributed by atoms with E-state index < -0.39 is 10.4 Å². The van der Waals surface area contributed by atoms with Gasteiger partial charge in [0.25, 0.3) is 0 Å². The fourth-order valence-electron chi connectivity index (χ4n) is 5.33. The number of fused-ring (bicyclic) bond motifs is 1. The van der Waals surface area contributed by atoms with Gasteiger partial charge in [-0.2, -0.15) is 8.42 Å². The highest BCUT2D eigenvalue weighted by atomic mass is 35.5. The Balaban J connectivity index is 0.000000358. The van der Waals surface area contributed by atoms with Gasteiger partial charge in [-0.1, -0.05) is 150 Å². The van der Waals surface area contributed by atoms with Crippen molar-refractivity contribution in [3.63, 3.8) is 0 Å². The molecule has 0 spiro atoms. The van der Waals surface area contributed by atoms with Gasteiger partial charge in [-0.15, -0.1) is 0 Å². The van der Waals surface area contributed by atoms with E-state index in [1.54, 1.807) is 17.2 Å². The second kappa shape index (κ2) is 22.6. The molecule has 0 bridgehead atoms. The number of hydrogen-bond donors (Lipinski definition) is 1. The zero-order chi connectivity index (χ0) is 32.0.